The number of terminal acetylenes is 1. The molecule has 1 rings (SSSR count). The van der Waals surface area contributed by atoms with Gasteiger partial charge in [0, 0.05) is 12.3 Å². The molecule has 1 heterocycles. The van der Waals surface area contributed by atoms with Crippen LogP contribution < -0.4 is 10.3 Å². The van der Waals surface area contributed by atoms with E-state index in [9.17, 15) is 13.2 Å². The normalized spacial score (nSPS) is 13.0. The second kappa shape index (κ2) is 4.96. The molecule has 1 unspecified atom stereocenters. The number of pyridine rings is 1. The molecule has 0 aliphatic rings. The average molecular weight is 240 g/mol. The molecular weight excluding hydrogens is 228 g/mol. The van der Waals surface area contributed by atoms with Crippen LogP contribution in [-0.2, 0) is 10.0 Å². The van der Waals surface area contributed by atoms with Crippen LogP contribution in [-0.4, -0.2) is 19.4 Å². The Morgan fingerprint density at radius 3 is 2.69 bits per heavy atom. The molecule has 2 N–H and O–H groups in total. The minimum absolute atomic E-state index is 0.0131. The molecule has 0 fully saturated rings. The van der Waals surface area contributed by atoms with Crippen LogP contribution in [0.3, 0.4) is 0 Å². The van der Waals surface area contributed by atoms with E-state index in [0.717, 1.165) is 12.3 Å². The SMILES string of the molecule is C#CC(CC)NS(=O)(=O)c1ccc(=O)[nH]c1. The van der Waals surface area contributed by atoms with E-state index in [0.29, 0.717) is 6.42 Å². The van der Waals surface area contributed by atoms with Crippen LogP contribution in [0.25, 0.3) is 0 Å². The van der Waals surface area contributed by atoms with Gasteiger partial charge in [-0.05, 0) is 12.5 Å². The molecule has 86 valence electrons. The molecule has 0 amide bonds. The van der Waals surface area contributed by atoms with Gasteiger partial charge in [-0.15, -0.1) is 6.42 Å². The zero-order chi connectivity index (χ0) is 12.2. The van der Waals surface area contributed by atoms with E-state index in [2.05, 4.69) is 15.6 Å². The van der Waals surface area contributed by atoms with Crippen molar-refractivity contribution in [3.63, 3.8) is 0 Å². The molecule has 16 heavy (non-hydrogen) atoms. The monoisotopic (exact) mass is 240 g/mol. The predicted octanol–water partition coefficient (Wildman–Crippen LogP) is 0.0650. The maximum atomic E-state index is 11.7. The number of H-pyrrole nitrogens is 1. The van der Waals surface area contributed by atoms with Crippen LogP contribution in [0.4, 0.5) is 0 Å². The van der Waals surface area contributed by atoms with Gasteiger partial charge in [0.25, 0.3) is 0 Å². The predicted molar refractivity (Wildman–Crippen MR) is 60.3 cm³/mol. The Balaban J connectivity index is 2.99. The number of sulfonamides is 1. The summed E-state index contributed by atoms with van der Waals surface area (Å²) in [5.74, 6) is 2.33. The van der Waals surface area contributed by atoms with Crippen molar-refractivity contribution in [3.8, 4) is 12.3 Å². The summed E-state index contributed by atoms with van der Waals surface area (Å²) in [6.07, 6.45) is 6.79. The van der Waals surface area contributed by atoms with Crippen molar-refractivity contribution in [3.05, 3.63) is 28.7 Å². The molecule has 0 saturated carbocycles. The third-order valence-corrected chi connectivity index (χ3v) is 3.44. The lowest BCUT2D eigenvalue weighted by Gasteiger charge is -2.10. The van der Waals surface area contributed by atoms with Crippen molar-refractivity contribution >= 4 is 10.0 Å². The largest absolute Gasteiger partial charge is 0.328 e. The molecule has 0 aliphatic heterocycles. The highest BCUT2D eigenvalue weighted by Gasteiger charge is 2.17. The molecular formula is C10H12N2O3S. The van der Waals surface area contributed by atoms with E-state index >= 15 is 0 Å². The Morgan fingerprint density at radius 2 is 2.25 bits per heavy atom. The summed E-state index contributed by atoms with van der Waals surface area (Å²) < 4.78 is 25.8. The van der Waals surface area contributed by atoms with E-state index < -0.39 is 16.1 Å². The van der Waals surface area contributed by atoms with Crippen LogP contribution in [0.15, 0.2) is 28.0 Å². The van der Waals surface area contributed by atoms with E-state index in [1.54, 1.807) is 6.92 Å². The highest BCUT2D eigenvalue weighted by molar-refractivity contribution is 7.89. The second-order valence-electron chi connectivity index (χ2n) is 3.14. The van der Waals surface area contributed by atoms with Gasteiger partial charge in [0.05, 0.1) is 10.9 Å². The minimum atomic E-state index is -3.66. The highest BCUT2D eigenvalue weighted by Crippen LogP contribution is 2.05. The van der Waals surface area contributed by atoms with Gasteiger partial charge in [-0.1, -0.05) is 12.8 Å². The van der Waals surface area contributed by atoms with Crippen molar-refractivity contribution < 1.29 is 8.42 Å². The summed E-state index contributed by atoms with van der Waals surface area (Å²) in [5, 5.41) is 0. The highest BCUT2D eigenvalue weighted by atomic mass is 32.2. The van der Waals surface area contributed by atoms with Gasteiger partial charge in [0.1, 0.15) is 0 Å². The lowest BCUT2D eigenvalue weighted by Crippen LogP contribution is -2.33. The summed E-state index contributed by atoms with van der Waals surface area (Å²) in [7, 11) is -3.66. The average Bonchev–Trinajstić information content (AvgIpc) is 2.26. The van der Waals surface area contributed by atoms with Gasteiger partial charge in [-0.25, -0.2) is 8.42 Å². The number of rotatable bonds is 4. The fourth-order valence-electron chi connectivity index (χ4n) is 1.05. The fraction of sp³-hybridized carbons (Fsp3) is 0.300. The van der Waals surface area contributed by atoms with E-state index in [1.165, 1.54) is 6.07 Å². The Hall–Kier alpha value is -1.58. The molecule has 1 aromatic rings. The zero-order valence-corrected chi connectivity index (χ0v) is 9.54. The van der Waals surface area contributed by atoms with Crippen LogP contribution in [0.1, 0.15) is 13.3 Å². The molecule has 0 bridgehead atoms. The van der Waals surface area contributed by atoms with Gasteiger partial charge in [0.2, 0.25) is 15.6 Å². The Morgan fingerprint density at radius 1 is 1.56 bits per heavy atom. The third kappa shape index (κ3) is 2.95. The van der Waals surface area contributed by atoms with E-state index in [-0.39, 0.29) is 10.5 Å². The van der Waals surface area contributed by atoms with Crippen LogP contribution in [0, 0.1) is 12.3 Å². The Bertz CT molecular complexity index is 534. The van der Waals surface area contributed by atoms with Crippen LogP contribution in [0.2, 0.25) is 0 Å². The summed E-state index contributed by atoms with van der Waals surface area (Å²) in [5.41, 5.74) is -0.358. The maximum absolute atomic E-state index is 11.7. The molecule has 0 aromatic carbocycles. The quantitative estimate of drug-likeness (QED) is 0.731. The third-order valence-electron chi connectivity index (χ3n) is 1.97. The molecule has 1 aromatic heterocycles. The molecule has 1 atom stereocenters. The minimum Gasteiger partial charge on any atom is -0.328 e. The van der Waals surface area contributed by atoms with Gasteiger partial charge in [-0.2, -0.15) is 4.72 Å². The number of aromatic nitrogens is 1. The topological polar surface area (TPSA) is 79.0 Å². The van der Waals surface area contributed by atoms with Crippen molar-refractivity contribution in [1.82, 2.24) is 9.71 Å². The van der Waals surface area contributed by atoms with E-state index in [4.69, 9.17) is 6.42 Å². The van der Waals surface area contributed by atoms with Crippen molar-refractivity contribution in [2.24, 2.45) is 0 Å². The lowest BCUT2D eigenvalue weighted by molar-refractivity contribution is 0.570. The lowest BCUT2D eigenvalue weighted by atomic mass is 10.3. The standard InChI is InChI=1S/C10H12N2O3S/c1-3-8(4-2)12-16(14,15)9-5-6-10(13)11-7-9/h1,5-8,12H,4H2,2H3,(H,11,13). The second-order valence-corrected chi connectivity index (χ2v) is 4.85. The first-order chi connectivity index (χ1) is 7.49. The molecule has 0 radical (unpaired) electrons. The number of aromatic amines is 1. The summed E-state index contributed by atoms with van der Waals surface area (Å²) >= 11 is 0. The number of nitrogens with one attached hydrogen (secondary N) is 2. The summed E-state index contributed by atoms with van der Waals surface area (Å²) in [6, 6.07) is 1.83. The smallest absolute Gasteiger partial charge is 0.247 e. The van der Waals surface area contributed by atoms with Gasteiger partial charge < -0.3 is 4.98 Å². The van der Waals surface area contributed by atoms with Gasteiger partial charge in [0.15, 0.2) is 0 Å². The maximum Gasteiger partial charge on any atom is 0.247 e. The van der Waals surface area contributed by atoms with E-state index in [1.807, 2.05) is 0 Å². The molecule has 6 heteroatoms. The first-order valence-corrected chi connectivity index (χ1v) is 6.15. The molecule has 0 aliphatic carbocycles. The van der Waals surface area contributed by atoms with Gasteiger partial charge in [-0.3, -0.25) is 4.79 Å². The molecule has 0 saturated heterocycles. The first kappa shape index (κ1) is 12.5. The van der Waals surface area contributed by atoms with Gasteiger partial charge >= 0.3 is 0 Å². The van der Waals surface area contributed by atoms with Crippen molar-refractivity contribution in [2.75, 3.05) is 0 Å². The summed E-state index contributed by atoms with van der Waals surface area (Å²) in [4.78, 5) is 13.1. The number of hydrogen-bond donors (Lipinski definition) is 2. The summed E-state index contributed by atoms with van der Waals surface area (Å²) in [6.45, 7) is 1.78. The Labute approximate surface area is 93.9 Å². The zero-order valence-electron chi connectivity index (χ0n) is 8.73. The fourth-order valence-corrected chi connectivity index (χ4v) is 2.26. The van der Waals surface area contributed by atoms with Crippen molar-refractivity contribution in [2.45, 2.75) is 24.3 Å². The first-order valence-electron chi connectivity index (χ1n) is 4.67. The Kier molecular flexibility index (Phi) is 3.88. The molecule has 0 spiro atoms. The number of hydrogen-bond acceptors (Lipinski definition) is 3. The van der Waals surface area contributed by atoms with Crippen LogP contribution in [0.5, 0.6) is 0 Å². The van der Waals surface area contributed by atoms with Crippen LogP contribution >= 0.6 is 0 Å². The van der Waals surface area contributed by atoms with Crippen molar-refractivity contribution in [1.29, 1.82) is 0 Å². The molecule has 5 nitrogen and oxygen atoms in total.